The third-order valence-corrected chi connectivity index (χ3v) is 3.95. The van der Waals surface area contributed by atoms with Gasteiger partial charge in [0.05, 0.1) is 11.7 Å². The number of benzene rings is 2. The van der Waals surface area contributed by atoms with Crippen LogP contribution in [-0.4, -0.2) is 19.7 Å². The molecule has 1 N–H and O–H groups in total. The molecular weight excluding hydrogens is 322 g/mol. The van der Waals surface area contributed by atoms with Gasteiger partial charge >= 0.3 is 0 Å². The second-order valence-electron chi connectivity index (χ2n) is 5.34. The molecule has 0 bridgehead atoms. The van der Waals surface area contributed by atoms with Crippen molar-refractivity contribution < 1.29 is 0 Å². The molecule has 0 aliphatic rings. The standard InChI is InChI=1S/C18H14ClN5/c19-15-7-5-13(6-8-15)11-21-17-9-10-20-18(23-17)24-16-4-2-1-3-14(16)12-22-24/h1-10,12H,11H2,(H,20,21,23). The van der Waals surface area contributed by atoms with Crippen molar-refractivity contribution in [1.82, 2.24) is 19.7 Å². The molecule has 0 aliphatic heterocycles. The Balaban J connectivity index is 1.58. The van der Waals surface area contributed by atoms with Gasteiger partial charge < -0.3 is 5.32 Å². The molecule has 0 atom stereocenters. The van der Waals surface area contributed by atoms with E-state index in [9.17, 15) is 0 Å². The molecule has 0 amide bonds. The highest BCUT2D eigenvalue weighted by atomic mass is 35.5. The highest BCUT2D eigenvalue weighted by Crippen LogP contribution is 2.17. The molecule has 4 rings (SSSR count). The summed E-state index contributed by atoms with van der Waals surface area (Å²) in [5.41, 5.74) is 2.11. The minimum Gasteiger partial charge on any atom is -0.366 e. The first-order chi connectivity index (χ1) is 11.8. The smallest absolute Gasteiger partial charge is 0.253 e. The number of hydrogen-bond donors (Lipinski definition) is 1. The maximum atomic E-state index is 5.90. The average molecular weight is 336 g/mol. The maximum Gasteiger partial charge on any atom is 0.253 e. The highest BCUT2D eigenvalue weighted by molar-refractivity contribution is 6.30. The van der Waals surface area contributed by atoms with Crippen molar-refractivity contribution in [2.24, 2.45) is 0 Å². The number of aromatic nitrogens is 4. The molecule has 5 nitrogen and oxygen atoms in total. The van der Waals surface area contributed by atoms with Gasteiger partial charge in [-0.3, -0.25) is 0 Å². The van der Waals surface area contributed by atoms with E-state index in [2.05, 4.69) is 20.4 Å². The summed E-state index contributed by atoms with van der Waals surface area (Å²) >= 11 is 5.90. The zero-order valence-corrected chi connectivity index (χ0v) is 13.5. The monoisotopic (exact) mass is 335 g/mol. The summed E-state index contributed by atoms with van der Waals surface area (Å²) in [7, 11) is 0. The molecule has 0 radical (unpaired) electrons. The lowest BCUT2D eigenvalue weighted by atomic mass is 10.2. The summed E-state index contributed by atoms with van der Waals surface area (Å²) < 4.78 is 1.74. The summed E-state index contributed by atoms with van der Waals surface area (Å²) in [6, 6.07) is 17.5. The highest BCUT2D eigenvalue weighted by Gasteiger charge is 2.07. The van der Waals surface area contributed by atoms with E-state index in [1.165, 1.54) is 0 Å². The third kappa shape index (κ3) is 2.94. The molecule has 0 saturated carbocycles. The second kappa shape index (κ2) is 6.29. The predicted molar refractivity (Wildman–Crippen MR) is 95.4 cm³/mol. The Hall–Kier alpha value is -2.92. The van der Waals surface area contributed by atoms with Gasteiger partial charge in [-0.2, -0.15) is 14.8 Å². The minimum atomic E-state index is 0.539. The summed E-state index contributed by atoms with van der Waals surface area (Å²) in [5, 5.41) is 9.47. The Kier molecular flexibility index (Phi) is 3.84. The van der Waals surface area contributed by atoms with Crippen LogP contribution in [0, 0.1) is 0 Å². The third-order valence-electron chi connectivity index (χ3n) is 3.70. The van der Waals surface area contributed by atoms with Crippen molar-refractivity contribution in [3.05, 3.63) is 77.6 Å². The molecule has 118 valence electrons. The van der Waals surface area contributed by atoms with Gasteiger partial charge in [-0.1, -0.05) is 41.9 Å². The summed E-state index contributed by atoms with van der Waals surface area (Å²) in [6.07, 6.45) is 3.54. The van der Waals surface area contributed by atoms with E-state index in [0.717, 1.165) is 27.3 Å². The lowest BCUT2D eigenvalue weighted by Crippen LogP contribution is -2.06. The van der Waals surface area contributed by atoms with Gasteiger partial charge in [0.1, 0.15) is 5.82 Å². The normalized spacial score (nSPS) is 10.9. The van der Waals surface area contributed by atoms with Crippen molar-refractivity contribution in [2.75, 3.05) is 5.32 Å². The molecule has 6 heteroatoms. The first-order valence-electron chi connectivity index (χ1n) is 7.54. The molecule has 0 unspecified atom stereocenters. The van der Waals surface area contributed by atoms with E-state index >= 15 is 0 Å². The average Bonchev–Trinajstić information content (AvgIpc) is 3.06. The fourth-order valence-corrected chi connectivity index (χ4v) is 2.60. The topological polar surface area (TPSA) is 55.6 Å². The molecule has 0 fully saturated rings. The molecular formula is C18H14ClN5. The number of rotatable bonds is 4. The molecule has 0 saturated heterocycles. The van der Waals surface area contributed by atoms with Crippen molar-refractivity contribution in [2.45, 2.75) is 6.54 Å². The number of nitrogens with one attached hydrogen (secondary N) is 1. The lowest BCUT2D eigenvalue weighted by molar-refractivity contribution is 0.832. The van der Waals surface area contributed by atoms with E-state index in [1.54, 1.807) is 10.9 Å². The fourth-order valence-electron chi connectivity index (χ4n) is 2.47. The van der Waals surface area contributed by atoms with Gasteiger partial charge in [-0.25, -0.2) is 4.98 Å². The minimum absolute atomic E-state index is 0.539. The van der Waals surface area contributed by atoms with E-state index in [0.29, 0.717) is 12.5 Å². The molecule has 2 aromatic heterocycles. The summed E-state index contributed by atoms with van der Waals surface area (Å²) in [4.78, 5) is 8.88. The first-order valence-corrected chi connectivity index (χ1v) is 7.92. The van der Waals surface area contributed by atoms with Crippen LogP contribution in [0.3, 0.4) is 0 Å². The number of para-hydroxylation sites is 1. The zero-order chi connectivity index (χ0) is 16.4. The van der Waals surface area contributed by atoms with Gasteiger partial charge in [0, 0.05) is 23.2 Å². The Morgan fingerprint density at radius 3 is 2.71 bits per heavy atom. The van der Waals surface area contributed by atoms with Crippen LogP contribution in [0.1, 0.15) is 5.56 Å². The van der Waals surface area contributed by atoms with Crippen LogP contribution >= 0.6 is 11.6 Å². The van der Waals surface area contributed by atoms with Crippen LogP contribution in [-0.2, 0) is 6.54 Å². The first kappa shape index (κ1) is 14.7. The molecule has 0 aliphatic carbocycles. The van der Waals surface area contributed by atoms with Crippen LogP contribution in [0.15, 0.2) is 67.0 Å². The summed E-state index contributed by atoms with van der Waals surface area (Å²) in [6.45, 7) is 0.660. The van der Waals surface area contributed by atoms with Crippen LogP contribution in [0.4, 0.5) is 5.82 Å². The van der Waals surface area contributed by atoms with Crippen LogP contribution in [0.25, 0.3) is 16.9 Å². The molecule has 24 heavy (non-hydrogen) atoms. The lowest BCUT2D eigenvalue weighted by Gasteiger charge is -2.07. The van der Waals surface area contributed by atoms with Crippen molar-refractivity contribution in [1.29, 1.82) is 0 Å². The largest absolute Gasteiger partial charge is 0.366 e. The Morgan fingerprint density at radius 2 is 1.83 bits per heavy atom. The SMILES string of the molecule is Clc1ccc(CNc2ccnc(-n3ncc4ccccc43)n2)cc1. The van der Waals surface area contributed by atoms with Crippen molar-refractivity contribution >= 4 is 28.3 Å². The van der Waals surface area contributed by atoms with Gasteiger partial charge in [0.25, 0.3) is 5.95 Å². The van der Waals surface area contributed by atoms with Gasteiger partial charge in [0.15, 0.2) is 0 Å². The van der Waals surface area contributed by atoms with Gasteiger partial charge in [-0.15, -0.1) is 0 Å². The Bertz CT molecular complexity index is 978. The van der Waals surface area contributed by atoms with Crippen LogP contribution < -0.4 is 5.32 Å². The Labute approximate surface area is 143 Å². The number of nitrogens with zero attached hydrogens (tertiary/aromatic N) is 4. The summed E-state index contributed by atoms with van der Waals surface area (Å²) in [5.74, 6) is 1.28. The molecule has 2 heterocycles. The molecule has 0 spiro atoms. The second-order valence-corrected chi connectivity index (χ2v) is 5.77. The number of anilines is 1. The Morgan fingerprint density at radius 1 is 1.00 bits per heavy atom. The van der Waals surface area contributed by atoms with Gasteiger partial charge in [0.2, 0.25) is 0 Å². The number of halogens is 1. The predicted octanol–water partition coefficient (Wildman–Crippen LogP) is 4.08. The van der Waals surface area contributed by atoms with Gasteiger partial charge in [-0.05, 0) is 29.8 Å². The zero-order valence-electron chi connectivity index (χ0n) is 12.7. The fraction of sp³-hybridized carbons (Fsp3) is 0.0556. The van der Waals surface area contributed by atoms with Crippen LogP contribution in [0.5, 0.6) is 0 Å². The van der Waals surface area contributed by atoms with E-state index in [-0.39, 0.29) is 0 Å². The van der Waals surface area contributed by atoms with Crippen molar-refractivity contribution in [3.8, 4) is 5.95 Å². The van der Waals surface area contributed by atoms with Crippen LogP contribution in [0.2, 0.25) is 5.02 Å². The van der Waals surface area contributed by atoms with E-state index < -0.39 is 0 Å². The molecule has 4 aromatic rings. The maximum absolute atomic E-state index is 5.90. The quantitative estimate of drug-likeness (QED) is 0.610. The van der Waals surface area contributed by atoms with E-state index in [4.69, 9.17) is 11.6 Å². The van der Waals surface area contributed by atoms with E-state index in [1.807, 2.05) is 60.8 Å². The van der Waals surface area contributed by atoms with Crippen molar-refractivity contribution in [3.63, 3.8) is 0 Å². The number of hydrogen-bond acceptors (Lipinski definition) is 4. The molecule has 2 aromatic carbocycles. The number of fused-ring (bicyclic) bond motifs is 1.